The molecule has 1 aliphatic heterocycles. The summed E-state index contributed by atoms with van der Waals surface area (Å²) in [5.41, 5.74) is 5.02. The molecule has 126 valence electrons. The van der Waals surface area contributed by atoms with Gasteiger partial charge in [-0.25, -0.2) is 12.8 Å². The van der Waals surface area contributed by atoms with Gasteiger partial charge in [-0.15, -0.1) is 0 Å². The molecule has 1 aromatic carbocycles. The van der Waals surface area contributed by atoms with Crippen LogP contribution in [0.25, 0.3) is 0 Å². The molecule has 9 heteroatoms. The third-order valence-electron chi connectivity index (χ3n) is 3.59. The summed E-state index contributed by atoms with van der Waals surface area (Å²) in [5, 5.41) is 0. The van der Waals surface area contributed by atoms with Gasteiger partial charge in [0.05, 0.1) is 0 Å². The van der Waals surface area contributed by atoms with Crippen LogP contribution in [0.2, 0.25) is 0 Å². The second-order valence-electron chi connectivity index (χ2n) is 5.19. The third-order valence-corrected chi connectivity index (χ3v) is 5.53. The van der Waals surface area contributed by atoms with Crippen molar-refractivity contribution in [3.63, 3.8) is 0 Å². The Bertz CT molecular complexity index is 722. The molecule has 1 fully saturated rings. The highest BCUT2D eigenvalue weighted by atomic mass is 32.2. The summed E-state index contributed by atoms with van der Waals surface area (Å²) in [6, 6.07) is 3.84. The summed E-state index contributed by atoms with van der Waals surface area (Å²) in [7, 11) is -4.18. The van der Waals surface area contributed by atoms with E-state index in [-0.39, 0.29) is 13.0 Å². The van der Waals surface area contributed by atoms with Gasteiger partial charge >= 0.3 is 5.97 Å². The quantitative estimate of drug-likeness (QED) is 0.778. The van der Waals surface area contributed by atoms with E-state index in [4.69, 9.17) is 10.5 Å². The second-order valence-corrected chi connectivity index (χ2v) is 7.04. The lowest BCUT2D eigenvalue weighted by Gasteiger charge is -2.23. The molecule has 2 N–H and O–H groups in total. The Labute approximate surface area is 133 Å². The number of halogens is 1. The van der Waals surface area contributed by atoms with Crippen LogP contribution in [0.5, 0.6) is 0 Å². The van der Waals surface area contributed by atoms with Gasteiger partial charge < -0.3 is 10.5 Å². The SMILES string of the molecule is C[C@@H](OC(=O)[C@@H]1CCCN1S(=O)(=O)c1ccccc1F)C(N)=O. The first-order chi connectivity index (χ1) is 10.7. The largest absolute Gasteiger partial charge is 0.451 e. The summed E-state index contributed by atoms with van der Waals surface area (Å²) in [4.78, 5) is 22.6. The average molecular weight is 344 g/mol. The van der Waals surface area contributed by atoms with E-state index in [1.807, 2.05) is 0 Å². The van der Waals surface area contributed by atoms with E-state index in [1.165, 1.54) is 19.1 Å². The van der Waals surface area contributed by atoms with Gasteiger partial charge in [-0.05, 0) is 31.9 Å². The number of carbonyl (C=O) groups excluding carboxylic acids is 2. The van der Waals surface area contributed by atoms with E-state index in [1.54, 1.807) is 0 Å². The van der Waals surface area contributed by atoms with Gasteiger partial charge in [-0.1, -0.05) is 12.1 Å². The Morgan fingerprint density at radius 1 is 1.39 bits per heavy atom. The minimum atomic E-state index is -4.18. The highest BCUT2D eigenvalue weighted by molar-refractivity contribution is 7.89. The van der Waals surface area contributed by atoms with Gasteiger partial charge in [0.15, 0.2) is 6.10 Å². The van der Waals surface area contributed by atoms with Crippen LogP contribution in [-0.2, 0) is 24.3 Å². The molecule has 0 aliphatic carbocycles. The number of rotatable bonds is 5. The number of hydrogen-bond donors (Lipinski definition) is 1. The monoisotopic (exact) mass is 344 g/mol. The Hall–Kier alpha value is -2.00. The van der Waals surface area contributed by atoms with Crippen molar-refractivity contribution in [3.05, 3.63) is 30.1 Å². The molecule has 0 radical (unpaired) electrons. The van der Waals surface area contributed by atoms with E-state index in [0.717, 1.165) is 16.4 Å². The number of primary amides is 1. The number of ether oxygens (including phenoxy) is 1. The van der Waals surface area contributed by atoms with Crippen molar-refractivity contribution in [1.29, 1.82) is 0 Å². The van der Waals surface area contributed by atoms with Gasteiger partial charge in [0, 0.05) is 6.54 Å². The Balaban J connectivity index is 2.26. The van der Waals surface area contributed by atoms with Crippen LogP contribution in [0.4, 0.5) is 4.39 Å². The maximum Gasteiger partial charge on any atom is 0.325 e. The zero-order valence-electron chi connectivity index (χ0n) is 12.4. The average Bonchev–Trinajstić information content (AvgIpc) is 2.97. The maximum atomic E-state index is 13.8. The molecule has 23 heavy (non-hydrogen) atoms. The zero-order valence-corrected chi connectivity index (χ0v) is 13.3. The van der Waals surface area contributed by atoms with Crippen LogP contribution >= 0.6 is 0 Å². The molecule has 0 saturated carbocycles. The highest BCUT2D eigenvalue weighted by Gasteiger charge is 2.42. The molecule has 1 amide bonds. The molecular weight excluding hydrogens is 327 g/mol. The van der Waals surface area contributed by atoms with Crippen molar-refractivity contribution in [2.75, 3.05) is 6.54 Å². The summed E-state index contributed by atoms with van der Waals surface area (Å²) in [5.74, 6) is -2.59. The Morgan fingerprint density at radius 2 is 2.04 bits per heavy atom. The van der Waals surface area contributed by atoms with Gasteiger partial charge in [0.2, 0.25) is 10.0 Å². The van der Waals surface area contributed by atoms with Crippen LogP contribution in [0.3, 0.4) is 0 Å². The van der Waals surface area contributed by atoms with E-state index in [0.29, 0.717) is 6.42 Å². The van der Waals surface area contributed by atoms with Gasteiger partial charge in [0.25, 0.3) is 5.91 Å². The molecule has 0 unspecified atom stereocenters. The Morgan fingerprint density at radius 3 is 2.65 bits per heavy atom. The van der Waals surface area contributed by atoms with Crippen LogP contribution in [-0.4, -0.2) is 43.3 Å². The predicted molar refractivity (Wildman–Crippen MR) is 78.1 cm³/mol. The van der Waals surface area contributed by atoms with Crippen molar-refractivity contribution in [3.8, 4) is 0 Å². The number of nitrogens with zero attached hydrogens (tertiary/aromatic N) is 1. The maximum absolute atomic E-state index is 13.8. The minimum absolute atomic E-state index is 0.0708. The summed E-state index contributed by atoms with van der Waals surface area (Å²) < 4.78 is 44.7. The van der Waals surface area contributed by atoms with Crippen molar-refractivity contribution < 1.29 is 27.1 Å². The number of nitrogens with two attached hydrogens (primary N) is 1. The van der Waals surface area contributed by atoms with E-state index >= 15 is 0 Å². The first-order valence-electron chi connectivity index (χ1n) is 7.01. The number of sulfonamides is 1. The van der Waals surface area contributed by atoms with E-state index < -0.39 is 44.8 Å². The fourth-order valence-electron chi connectivity index (χ4n) is 2.35. The van der Waals surface area contributed by atoms with Crippen LogP contribution in [0, 0.1) is 5.82 Å². The van der Waals surface area contributed by atoms with Crippen molar-refractivity contribution >= 4 is 21.9 Å². The molecule has 2 rings (SSSR count). The molecule has 1 heterocycles. The predicted octanol–water partition coefficient (Wildman–Crippen LogP) is 0.396. The first kappa shape index (κ1) is 17.4. The number of carbonyl (C=O) groups is 2. The fraction of sp³-hybridized carbons (Fsp3) is 0.429. The summed E-state index contributed by atoms with van der Waals surface area (Å²) in [6.45, 7) is 1.37. The van der Waals surface area contributed by atoms with Crippen LogP contribution in [0.1, 0.15) is 19.8 Å². The van der Waals surface area contributed by atoms with Crippen LogP contribution < -0.4 is 5.73 Å². The van der Waals surface area contributed by atoms with E-state index in [2.05, 4.69) is 0 Å². The molecule has 0 bridgehead atoms. The Kier molecular flexibility index (Phi) is 5.00. The van der Waals surface area contributed by atoms with E-state index in [9.17, 15) is 22.4 Å². The molecule has 7 nitrogen and oxygen atoms in total. The lowest BCUT2D eigenvalue weighted by Crippen LogP contribution is -2.43. The topological polar surface area (TPSA) is 107 Å². The summed E-state index contributed by atoms with van der Waals surface area (Å²) >= 11 is 0. The van der Waals surface area contributed by atoms with Crippen molar-refractivity contribution in [2.24, 2.45) is 5.73 Å². The van der Waals surface area contributed by atoms with Gasteiger partial charge in [0.1, 0.15) is 16.8 Å². The molecule has 0 spiro atoms. The smallest absolute Gasteiger partial charge is 0.325 e. The zero-order chi connectivity index (χ0) is 17.2. The standard InChI is InChI=1S/C14H17FN2O5S/c1-9(13(16)18)22-14(19)11-6-4-8-17(11)23(20,21)12-7-3-2-5-10(12)15/h2-3,5,7,9,11H,4,6,8H2,1H3,(H2,16,18)/t9-,11+/m1/s1. The van der Waals surface area contributed by atoms with Gasteiger partial charge in [-0.2, -0.15) is 4.31 Å². The molecular formula is C14H17FN2O5S. The number of amides is 1. The first-order valence-corrected chi connectivity index (χ1v) is 8.45. The fourth-order valence-corrected chi connectivity index (χ4v) is 4.07. The highest BCUT2D eigenvalue weighted by Crippen LogP contribution is 2.28. The molecule has 1 saturated heterocycles. The molecule has 1 aliphatic rings. The third kappa shape index (κ3) is 3.50. The molecule has 1 aromatic rings. The van der Waals surface area contributed by atoms with Crippen molar-refractivity contribution in [2.45, 2.75) is 36.8 Å². The number of esters is 1. The molecule has 0 aromatic heterocycles. The number of benzene rings is 1. The normalized spacial score (nSPS) is 20.2. The van der Waals surface area contributed by atoms with Crippen LogP contribution in [0.15, 0.2) is 29.2 Å². The minimum Gasteiger partial charge on any atom is -0.451 e. The lowest BCUT2D eigenvalue weighted by molar-refractivity contribution is -0.156. The summed E-state index contributed by atoms with van der Waals surface area (Å²) in [6.07, 6.45) is -0.503. The van der Waals surface area contributed by atoms with Crippen molar-refractivity contribution in [1.82, 2.24) is 4.31 Å². The lowest BCUT2D eigenvalue weighted by atomic mass is 10.2. The van der Waals surface area contributed by atoms with Gasteiger partial charge in [-0.3, -0.25) is 9.59 Å². The second kappa shape index (κ2) is 6.63. The number of hydrogen-bond acceptors (Lipinski definition) is 5. The molecule has 2 atom stereocenters.